The van der Waals surface area contributed by atoms with Crippen LogP contribution in [0, 0.1) is 0 Å². The highest BCUT2D eigenvalue weighted by Gasteiger charge is 2.35. The third-order valence-electron chi connectivity index (χ3n) is 8.32. The quantitative estimate of drug-likeness (QED) is 0.220. The third-order valence-corrected chi connectivity index (χ3v) is 9.24. The molecule has 41 heavy (non-hydrogen) atoms. The lowest BCUT2D eigenvalue weighted by Crippen LogP contribution is -2.45. The van der Waals surface area contributed by atoms with Gasteiger partial charge in [-0.1, -0.05) is 67.8 Å². The van der Waals surface area contributed by atoms with Crippen LogP contribution in [-0.4, -0.2) is 36.1 Å². The fraction of sp³-hybridized carbons (Fsp3) is 0.353. The van der Waals surface area contributed by atoms with Gasteiger partial charge in [-0.05, 0) is 78.4 Å². The molecule has 4 aromatic rings. The number of rotatable bonds is 9. The van der Waals surface area contributed by atoms with Crippen LogP contribution in [0.1, 0.15) is 77.8 Å². The Kier molecular flexibility index (Phi) is 8.63. The number of aromatic amines is 1. The van der Waals surface area contributed by atoms with Gasteiger partial charge in [0.2, 0.25) is 5.91 Å². The smallest absolute Gasteiger partial charge is 0.275 e. The Morgan fingerprint density at radius 1 is 0.902 bits per heavy atom. The fourth-order valence-corrected chi connectivity index (χ4v) is 6.91. The van der Waals surface area contributed by atoms with Gasteiger partial charge in [-0.2, -0.15) is 0 Å². The fourth-order valence-electron chi connectivity index (χ4n) is 6.10. The molecule has 0 radical (unpaired) electrons. The standard InChI is InChI=1S/C34H37N3O3S/c38-33(35-23-28-13-7-21-40-28)32(31-14-8-22-41-31)37(27-17-15-25(16-18-27)24-9-3-1-4-10-24)34(39)30-20-19-29(36-30)26-11-5-2-6-12-26/h2,5-6,8,11-12,14-20,22,24,28,32,36H,1,3-4,7,9-10,13,21,23H2,(H,35,38)/t28-,32-/m0/s1. The van der Waals surface area contributed by atoms with E-state index in [1.807, 2.05) is 72.1 Å². The number of nitrogens with one attached hydrogen (secondary N) is 2. The van der Waals surface area contributed by atoms with Crippen molar-refractivity contribution in [3.8, 4) is 11.3 Å². The minimum absolute atomic E-state index is 0.0127. The Morgan fingerprint density at radius 2 is 1.71 bits per heavy atom. The number of aromatic nitrogens is 1. The summed E-state index contributed by atoms with van der Waals surface area (Å²) in [6.45, 7) is 1.16. The topological polar surface area (TPSA) is 74.4 Å². The van der Waals surface area contributed by atoms with Gasteiger partial charge in [-0.3, -0.25) is 14.5 Å². The number of hydrogen-bond acceptors (Lipinski definition) is 4. The molecule has 1 aliphatic heterocycles. The molecule has 2 aromatic heterocycles. The first-order chi connectivity index (χ1) is 20.2. The highest BCUT2D eigenvalue weighted by Crippen LogP contribution is 2.36. The van der Waals surface area contributed by atoms with E-state index >= 15 is 0 Å². The van der Waals surface area contributed by atoms with Crippen molar-refractivity contribution in [1.29, 1.82) is 0 Å². The van der Waals surface area contributed by atoms with Gasteiger partial charge >= 0.3 is 0 Å². The molecular formula is C34H37N3O3S. The largest absolute Gasteiger partial charge is 0.376 e. The van der Waals surface area contributed by atoms with Crippen LogP contribution < -0.4 is 10.2 Å². The summed E-state index contributed by atoms with van der Waals surface area (Å²) in [6, 6.07) is 25.0. The van der Waals surface area contributed by atoms with E-state index in [-0.39, 0.29) is 17.9 Å². The van der Waals surface area contributed by atoms with Crippen molar-refractivity contribution in [2.24, 2.45) is 0 Å². The minimum atomic E-state index is -0.812. The van der Waals surface area contributed by atoms with Gasteiger partial charge in [-0.25, -0.2) is 0 Å². The lowest BCUT2D eigenvalue weighted by Gasteiger charge is -2.31. The second-order valence-electron chi connectivity index (χ2n) is 11.1. The number of thiophene rings is 1. The van der Waals surface area contributed by atoms with E-state index in [0.717, 1.165) is 35.6 Å². The molecule has 0 spiro atoms. The Morgan fingerprint density at radius 3 is 2.41 bits per heavy atom. The molecule has 7 heteroatoms. The van der Waals surface area contributed by atoms with E-state index in [1.165, 1.54) is 49.0 Å². The molecule has 0 unspecified atom stereocenters. The first kappa shape index (κ1) is 27.5. The molecule has 2 amide bonds. The zero-order valence-corrected chi connectivity index (χ0v) is 24.1. The second kappa shape index (κ2) is 12.9. The number of H-pyrrole nitrogens is 1. The number of carbonyl (C=O) groups is 2. The van der Waals surface area contributed by atoms with Gasteiger partial charge in [0.25, 0.3) is 5.91 Å². The summed E-state index contributed by atoms with van der Waals surface area (Å²) >= 11 is 1.48. The van der Waals surface area contributed by atoms with Crippen molar-refractivity contribution in [1.82, 2.24) is 10.3 Å². The lowest BCUT2D eigenvalue weighted by molar-refractivity contribution is -0.122. The summed E-state index contributed by atoms with van der Waals surface area (Å²) < 4.78 is 5.75. The molecule has 2 aliphatic rings. The molecule has 2 fully saturated rings. The number of nitrogens with zero attached hydrogens (tertiary/aromatic N) is 1. The first-order valence-electron chi connectivity index (χ1n) is 14.8. The van der Waals surface area contributed by atoms with E-state index in [1.54, 1.807) is 4.90 Å². The lowest BCUT2D eigenvalue weighted by atomic mass is 9.84. The van der Waals surface area contributed by atoms with Crippen LogP contribution in [-0.2, 0) is 9.53 Å². The van der Waals surface area contributed by atoms with Crippen molar-refractivity contribution in [3.05, 3.63) is 100 Å². The van der Waals surface area contributed by atoms with Gasteiger partial charge in [-0.15, -0.1) is 11.3 Å². The number of anilines is 1. The molecule has 6 nitrogen and oxygen atoms in total. The van der Waals surface area contributed by atoms with Crippen molar-refractivity contribution in [3.63, 3.8) is 0 Å². The maximum atomic E-state index is 14.4. The summed E-state index contributed by atoms with van der Waals surface area (Å²) in [5, 5.41) is 5.05. The van der Waals surface area contributed by atoms with Crippen LogP contribution in [0.2, 0.25) is 0 Å². The van der Waals surface area contributed by atoms with Crippen LogP contribution in [0.5, 0.6) is 0 Å². The molecule has 1 aliphatic carbocycles. The molecular weight excluding hydrogens is 530 g/mol. The Bertz CT molecular complexity index is 1420. The van der Waals surface area contributed by atoms with Gasteiger partial charge < -0.3 is 15.0 Å². The minimum Gasteiger partial charge on any atom is -0.376 e. The number of benzene rings is 2. The molecule has 1 saturated carbocycles. The highest BCUT2D eigenvalue weighted by atomic mass is 32.1. The number of hydrogen-bond donors (Lipinski definition) is 2. The zero-order chi connectivity index (χ0) is 28.0. The molecule has 6 rings (SSSR count). The normalized spacial score (nSPS) is 18.2. The number of ether oxygens (including phenoxy) is 1. The van der Waals surface area contributed by atoms with E-state index in [2.05, 4.69) is 22.4 Å². The monoisotopic (exact) mass is 567 g/mol. The van der Waals surface area contributed by atoms with E-state index in [9.17, 15) is 9.59 Å². The van der Waals surface area contributed by atoms with E-state index < -0.39 is 6.04 Å². The maximum absolute atomic E-state index is 14.4. The molecule has 0 bridgehead atoms. The van der Waals surface area contributed by atoms with Crippen molar-refractivity contribution >= 4 is 28.8 Å². The Hall–Kier alpha value is -3.68. The summed E-state index contributed by atoms with van der Waals surface area (Å²) in [5.74, 6) is 0.104. The predicted octanol–water partition coefficient (Wildman–Crippen LogP) is 7.47. The average Bonchev–Trinajstić information content (AvgIpc) is 3.83. The molecule has 2 atom stereocenters. The van der Waals surface area contributed by atoms with Crippen molar-refractivity contribution in [2.45, 2.75) is 63.0 Å². The van der Waals surface area contributed by atoms with Crippen molar-refractivity contribution in [2.75, 3.05) is 18.1 Å². The number of amides is 2. The SMILES string of the molecule is O=C(NC[C@@H]1CCCO1)[C@H](c1cccs1)N(C(=O)c1ccc(-c2ccccc2)[nH]1)c1ccc(C2CCCCC2)cc1. The van der Waals surface area contributed by atoms with E-state index in [0.29, 0.717) is 23.8 Å². The van der Waals surface area contributed by atoms with Gasteiger partial charge in [0.1, 0.15) is 5.69 Å². The average molecular weight is 568 g/mol. The highest BCUT2D eigenvalue weighted by molar-refractivity contribution is 7.10. The summed E-state index contributed by atoms with van der Waals surface area (Å²) in [7, 11) is 0. The summed E-state index contributed by atoms with van der Waals surface area (Å²) in [6.07, 6.45) is 8.19. The van der Waals surface area contributed by atoms with Crippen LogP contribution >= 0.6 is 11.3 Å². The molecule has 3 heterocycles. The third kappa shape index (κ3) is 6.31. The molecule has 2 aromatic carbocycles. The Balaban J connectivity index is 1.35. The number of carbonyl (C=O) groups excluding carboxylic acids is 2. The summed E-state index contributed by atoms with van der Waals surface area (Å²) in [4.78, 5) is 34.1. The van der Waals surface area contributed by atoms with E-state index in [4.69, 9.17) is 4.74 Å². The molecule has 1 saturated heterocycles. The van der Waals surface area contributed by atoms with Crippen LogP contribution in [0.4, 0.5) is 5.69 Å². The van der Waals surface area contributed by atoms with Crippen LogP contribution in [0.15, 0.2) is 84.2 Å². The second-order valence-corrected chi connectivity index (χ2v) is 12.0. The predicted molar refractivity (Wildman–Crippen MR) is 164 cm³/mol. The molecule has 212 valence electrons. The summed E-state index contributed by atoms with van der Waals surface area (Å²) in [5.41, 5.74) is 4.31. The molecule has 2 N–H and O–H groups in total. The van der Waals surface area contributed by atoms with Crippen LogP contribution in [0.3, 0.4) is 0 Å². The van der Waals surface area contributed by atoms with Crippen molar-refractivity contribution < 1.29 is 14.3 Å². The first-order valence-corrected chi connectivity index (χ1v) is 15.7. The Labute approximate surface area is 245 Å². The van der Waals surface area contributed by atoms with Gasteiger partial charge in [0, 0.05) is 29.4 Å². The van der Waals surface area contributed by atoms with Crippen LogP contribution in [0.25, 0.3) is 11.3 Å². The van der Waals surface area contributed by atoms with Gasteiger partial charge in [0.15, 0.2) is 6.04 Å². The van der Waals surface area contributed by atoms with Gasteiger partial charge in [0.05, 0.1) is 6.10 Å². The zero-order valence-electron chi connectivity index (χ0n) is 23.3. The maximum Gasteiger partial charge on any atom is 0.275 e.